The smallest absolute Gasteiger partial charge is 0.0828 e. The molecule has 0 aromatic rings. The van der Waals surface area contributed by atoms with Crippen LogP contribution in [0.5, 0.6) is 0 Å². The van der Waals surface area contributed by atoms with Crippen LogP contribution in [0.3, 0.4) is 0 Å². The van der Waals surface area contributed by atoms with Crippen molar-refractivity contribution in [1.82, 2.24) is 0 Å². The quantitative estimate of drug-likeness (QED) is 0.619. The summed E-state index contributed by atoms with van der Waals surface area (Å²) in [6.45, 7) is 2.26. The van der Waals surface area contributed by atoms with Crippen LogP contribution in [0.1, 0.15) is 77.6 Å². The highest BCUT2D eigenvalue weighted by Crippen LogP contribution is 2.36. The molecule has 1 aliphatic rings. The molecule has 0 radical (unpaired) electrons. The molecule has 0 amide bonds. The zero-order valence-corrected chi connectivity index (χ0v) is 11.8. The summed E-state index contributed by atoms with van der Waals surface area (Å²) < 4.78 is 5.73. The minimum Gasteiger partial charge on any atom is -0.377 e. The van der Waals surface area contributed by atoms with Crippen LogP contribution in [-0.2, 0) is 4.74 Å². The SMILES string of the molecule is CCCCCCCCC(N)C1(OC)CCCC1. The van der Waals surface area contributed by atoms with E-state index in [0.29, 0.717) is 0 Å². The molecule has 2 nitrogen and oxygen atoms in total. The van der Waals surface area contributed by atoms with Gasteiger partial charge in [0.1, 0.15) is 0 Å². The van der Waals surface area contributed by atoms with Gasteiger partial charge in [-0.2, -0.15) is 0 Å². The number of hydrogen-bond donors (Lipinski definition) is 1. The van der Waals surface area contributed by atoms with Crippen molar-refractivity contribution in [3.05, 3.63) is 0 Å². The predicted molar refractivity (Wildman–Crippen MR) is 74.2 cm³/mol. The summed E-state index contributed by atoms with van der Waals surface area (Å²) >= 11 is 0. The molecule has 17 heavy (non-hydrogen) atoms. The summed E-state index contributed by atoms with van der Waals surface area (Å²) in [6, 6.07) is 0.251. The molecule has 1 fully saturated rings. The summed E-state index contributed by atoms with van der Waals surface area (Å²) in [5.41, 5.74) is 6.36. The predicted octanol–water partition coefficient (Wildman–Crippen LogP) is 4.02. The molecule has 0 saturated heterocycles. The minimum absolute atomic E-state index is 0.0173. The first kappa shape index (κ1) is 15.0. The number of methoxy groups -OCH3 is 1. The molecule has 2 heteroatoms. The second kappa shape index (κ2) is 8.10. The monoisotopic (exact) mass is 241 g/mol. The Bertz CT molecular complexity index is 187. The van der Waals surface area contributed by atoms with Gasteiger partial charge < -0.3 is 10.5 Å². The van der Waals surface area contributed by atoms with Gasteiger partial charge >= 0.3 is 0 Å². The summed E-state index contributed by atoms with van der Waals surface area (Å²) in [6.07, 6.45) is 14.1. The number of nitrogens with two attached hydrogens (primary N) is 1. The van der Waals surface area contributed by atoms with E-state index in [2.05, 4.69) is 6.92 Å². The summed E-state index contributed by atoms with van der Waals surface area (Å²) in [5, 5.41) is 0. The normalized spacial score (nSPS) is 20.6. The van der Waals surface area contributed by atoms with Gasteiger partial charge in [0.15, 0.2) is 0 Å². The highest BCUT2D eigenvalue weighted by atomic mass is 16.5. The highest BCUT2D eigenvalue weighted by Gasteiger charge is 2.39. The molecule has 102 valence electrons. The second-order valence-electron chi connectivity index (χ2n) is 5.64. The van der Waals surface area contributed by atoms with Crippen molar-refractivity contribution in [2.45, 2.75) is 89.2 Å². The molecule has 2 N–H and O–H groups in total. The molecule has 0 aliphatic heterocycles. The summed E-state index contributed by atoms with van der Waals surface area (Å²) in [5.74, 6) is 0. The van der Waals surface area contributed by atoms with Crippen LogP contribution < -0.4 is 5.73 Å². The third-order valence-electron chi connectivity index (χ3n) is 4.40. The third kappa shape index (κ3) is 4.59. The van der Waals surface area contributed by atoms with Crippen LogP contribution in [0.2, 0.25) is 0 Å². The Morgan fingerprint density at radius 2 is 1.65 bits per heavy atom. The molecule has 0 heterocycles. The van der Waals surface area contributed by atoms with Crippen LogP contribution in [0.4, 0.5) is 0 Å². The maximum absolute atomic E-state index is 6.34. The zero-order chi connectivity index (χ0) is 12.6. The van der Waals surface area contributed by atoms with Gasteiger partial charge in [-0.25, -0.2) is 0 Å². The molecule has 1 rings (SSSR count). The first-order valence-electron chi connectivity index (χ1n) is 7.56. The van der Waals surface area contributed by atoms with Gasteiger partial charge in [0.2, 0.25) is 0 Å². The van der Waals surface area contributed by atoms with Crippen molar-refractivity contribution < 1.29 is 4.74 Å². The Labute approximate surface area is 107 Å². The fourth-order valence-corrected chi connectivity index (χ4v) is 3.11. The van der Waals surface area contributed by atoms with E-state index in [-0.39, 0.29) is 11.6 Å². The van der Waals surface area contributed by atoms with Crippen LogP contribution in [0.15, 0.2) is 0 Å². The van der Waals surface area contributed by atoms with Gasteiger partial charge in [0, 0.05) is 13.2 Å². The van der Waals surface area contributed by atoms with Crippen molar-refractivity contribution in [3.8, 4) is 0 Å². The fraction of sp³-hybridized carbons (Fsp3) is 1.00. The molecular formula is C15H31NO. The number of unbranched alkanes of at least 4 members (excludes halogenated alkanes) is 5. The topological polar surface area (TPSA) is 35.2 Å². The van der Waals surface area contributed by atoms with E-state index in [1.54, 1.807) is 0 Å². The lowest BCUT2D eigenvalue weighted by molar-refractivity contribution is -0.0279. The van der Waals surface area contributed by atoms with Crippen molar-refractivity contribution in [3.63, 3.8) is 0 Å². The molecule has 1 aliphatic carbocycles. The highest BCUT2D eigenvalue weighted by molar-refractivity contribution is 4.94. The van der Waals surface area contributed by atoms with E-state index in [9.17, 15) is 0 Å². The lowest BCUT2D eigenvalue weighted by atomic mass is 9.88. The number of hydrogen-bond acceptors (Lipinski definition) is 2. The Hall–Kier alpha value is -0.0800. The third-order valence-corrected chi connectivity index (χ3v) is 4.40. The summed E-state index contributed by atoms with van der Waals surface area (Å²) in [7, 11) is 1.84. The Kier molecular flexibility index (Phi) is 7.14. The standard InChI is InChI=1S/C15H31NO/c1-3-4-5-6-7-8-11-14(16)15(17-2)12-9-10-13-15/h14H,3-13,16H2,1-2H3. The molecule has 0 aromatic heterocycles. The van der Waals surface area contributed by atoms with Gasteiger partial charge in [-0.15, -0.1) is 0 Å². The zero-order valence-electron chi connectivity index (χ0n) is 11.8. The largest absolute Gasteiger partial charge is 0.377 e. The van der Waals surface area contributed by atoms with Crippen LogP contribution in [-0.4, -0.2) is 18.8 Å². The molecule has 1 saturated carbocycles. The molecule has 1 atom stereocenters. The van der Waals surface area contributed by atoms with Crippen LogP contribution in [0, 0.1) is 0 Å². The molecule has 0 bridgehead atoms. The lowest BCUT2D eigenvalue weighted by Crippen LogP contribution is -2.47. The van der Waals surface area contributed by atoms with E-state index >= 15 is 0 Å². The Balaban J connectivity index is 2.13. The molecular weight excluding hydrogens is 210 g/mol. The molecule has 1 unspecified atom stereocenters. The second-order valence-corrected chi connectivity index (χ2v) is 5.64. The average Bonchev–Trinajstić information content (AvgIpc) is 2.83. The van der Waals surface area contributed by atoms with Crippen molar-refractivity contribution in [2.75, 3.05) is 7.11 Å². The first-order chi connectivity index (χ1) is 8.25. The minimum atomic E-state index is 0.0173. The Morgan fingerprint density at radius 1 is 1.06 bits per heavy atom. The van der Waals surface area contributed by atoms with E-state index in [1.165, 1.54) is 64.2 Å². The van der Waals surface area contributed by atoms with Gasteiger partial charge in [-0.1, -0.05) is 58.3 Å². The number of rotatable bonds is 9. The lowest BCUT2D eigenvalue weighted by Gasteiger charge is -2.34. The average molecular weight is 241 g/mol. The summed E-state index contributed by atoms with van der Waals surface area (Å²) in [4.78, 5) is 0. The van der Waals surface area contributed by atoms with Gasteiger partial charge in [0.25, 0.3) is 0 Å². The van der Waals surface area contributed by atoms with E-state index in [0.717, 1.165) is 6.42 Å². The van der Waals surface area contributed by atoms with Crippen LogP contribution in [0.25, 0.3) is 0 Å². The number of ether oxygens (including phenoxy) is 1. The van der Waals surface area contributed by atoms with E-state index in [4.69, 9.17) is 10.5 Å². The fourth-order valence-electron chi connectivity index (χ4n) is 3.11. The molecule has 0 spiro atoms. The first-order valence-corrected chi connectivity index (χ1v) is 7.56. The van der Waals surface area contributed by atoms with Crippen molar-refractivity contribution in [1.29, 1.82) is 0 Å². The van der Waals surface area contributed by atoms with E-state index < -0.39 is 0 Å². The van der Waals surface area contributed by atoms with Crippen molar-refractivity contribution >= 4 is 0 Å². The Morgan fingerprint density at radius 3 is 2.24 bits per heavy atom. The van der Waals surface area contributed by atoms with Crippen LogP contribution >= 0.6 is 0 Å². The van der Waals surface area contributed by atoms with Crippen molar-refractivity contribution in [2.24, 2.45) is 5.73 Å². The van der Waals surface area contributed by atoms with Gasteiger partial charge in [-0.05, 0) is 19.3 Å². The van der Waals surface area contributed by atoms with Gasteiger partial charge in [0.05, 0.1) is 5.60 Å². The van der Waals surface area contributed by atoms with E-state index in [1.807, 2.05) is 7.11 Å². The van der Waals surface area contributed by atoms with Gasteiger partial charge in [-0.3, -0.25) is 0 Å². The maximum Gasteiger partial charge on any atom is 0.0828 e. The molecule has 0 aromatic carbocycles. The maximum atomic E-state index is 6.34.